The summed E-state index contributed by atoms with van der Waals surface area (Å²) in [5.74, 6) is 2.38. The van der Waals surface area contributed by atoms with Crippen molar-refractivity contribution in [3.8, 4) is 17.5 Å². The molecule has 2 aliphatic carbocycles. The summed E-state index contributed by atoms with van der Waals surface area (Å²) in [6.45, 7) is 3.91. The Bertz CT molecular complexity index is 1100. The number of fused-ring (bicyclic) bond motifs is 5. The first-order valence-electron chi connectivity index (χ1n) is 9.93. The Morgan fingerprint density at radius 3 is 2.17 bits per heavy atom. The summed E-state index contributed by atoms with van der Waals surface area (Å²) in [5.41, 5.74) is 18.0. The molecule has 6 heteroatoms. The highest BCUT2D eigenvalue weighted by Crippen LogP contribution is 2.55. The van der Waals surface area contributed by atoms with Crippen LogP contribution in [0.4, 0.5) is 11.4 Å². The van der Waals surface area contributed by atoms with Crippen molar-refractivity contribution in [2.24, 2.45) is 0 Å². The minimum absolute atomic E-state index is 0.0546. The number of nitrogen functional groups attached to an aromatic ring is 2. The van der Waals surface area contributed by atoms with Gasteiger partial charge in [-0.05, 0) is 73.2 Å². The number of anilines is 2. The van der Waals surface area contributed by atoms with Crippen molar-refractivity contribution in [1.82, 2.24) is 9.97 Å². The second-order valence-corrected chi connectivity index (χ2v) is 7.96. The third kappa shape index (κ3) is 2.87. The van der Waals surface area contributed by atoms with Gasteiger partial charge in [0.05, 0.1) is 11.4 Å². The van der Waals surface area contributed by atoms with Crippen LogP contribution in [0.1, 0.15) is 46.9 Å². The molecule has 0 saturated heterocycles. The largest absolute Gasteiger partial charge is 0.472 e. The Morgan fingerprint density at radius 2 is 1.45 bits per heavy atom. The van der Waals surface area contributed by atoms with Gasteiger partial charge in [-0.3, -0.25) is 0 Å². The molecule has 3 unspecified atom stereocenters. The zero-order chi connectivity index (χ0) is 20.1. The van der Waals surface area contributed by atoms with Crippen LogP contribution >= 0.6 is 0 Å². The molecule has 0 radical (unpaired) electrons. The minimum atomic E-state index is 0.0546. The van der Waals surface area contributed by atoms with Crippen LogP contribution in [0.15, 0.2) is 42.7 Å². The number of benzene rings is 1. The zero-order valence-corrected chi connectivity index (χ0v) is 16.6. The van der Waals surface area contributed by atoms with Crippen LogP contribution in [0, 0.1) is 13.8 Å². The first-order valence-corrected chi connectivity index (χ1v) is 9.93. The van der Waals surface area contributed by atoms with Gasteiger partial charge in [-0.1, -0.05) is 6.07 Å². The van der Waals surface area contributed by atoms with Crippen molar-refractivity contribution < 1.29 is 9.47 Å². The van der Waals surface area contributed by atoms with Gasteiger partial charge in [0.15, 0.2) is 0 Å². The molecule has 1 aromatic carbocycles. The predicted octanol–water partition coefficient (Wildman–Crippen LogP) is 4.47. The topological polar surface area (TPSA) is 96.3 Å². The number of nitrogens with zero attached hydrogens (tertiary/aromatic N) is 2. The molecule has 0 aliphatic heterocycles. The maximum absolute atomic E-state index is 6.34. The lowest BCUT2D eigenvalue weighted by molar-refractivity contribution is 0.180. The number of rotatable bonds is 4. The maximum Gasteiger partial charge on any atom is 0.242 e. The van der Waals surface area contributed by atoms with Crippen molar-refractivity contribution in [3.63, 3.8) is 0 Å². The number of aromatic nitrogens is 2. The summed E-state index contributed by atoms with van der Waals surface area (Å²) in [4.78, 5) is 8.63. The predicted molar refractivity (Wildman–Crippen MR) is 112 cm³/mol. The highest BCUT2D eigenvalue weighted by molar-refractivity contribution is 5.57. The van der Waals surface area contributed by atoms with Gasteiger partial charge >= 0.3 is 0 Å². The molecular weight excluding hydrogens is 364 g/mol. The lowest BCUT2D eigenvalue weighted by Crippen LogP contribution is -2.21. The van der Waals surface area contributed by atoms with E-state index in [9.17, 15) is 0 Å². The molecule has 1 fully saturated rings. The molecular formula is C23H24N4O2. The van der Waals surface area contributed by atoms with E-state index in [4.69, 9.17) is 20.9 Å². The summed E-state index contributed by atoms with van der Waals surface area (Å²) in [7, 11) is 0. The van der Waals surface area contributed by atoms with Gasteiger partial charge < -0.3 is 20.9 Å². The average molecular weight is 388 g/mol. The Labute approximate surface area is 169 Å². The van der Waals surface area contributed by atoms with E-state index >= 15 is 0 Å². The summed E-state index contributed by atoms with van der Waals surface area (Å²) in [6, 6.07) is 10.0. The number of nitrogens with two attached hydrogens (primary N) is 2. The van der Waals surface area contributed by atoms with E-state index in [1.807, 2.05) is 32.0 Å². The number of ether oxygens (including phenoxy) is 2. The first kappa shape index (κ1) is 17.8. The van der Waals surface area contributed by atoms with Crippen LogP contribution in [0.2, 0.25) is 0 Å². The summed E-state index contributed by atoms with van der Waals surface area (Å²) in [5, 5.41) is 0. The molecule has 148 valence electrons. The molecule has 3 aromatic rings. The summed E-state index contributed by atoms with van der Waals surface area (Å²) < 4.78 is 12.3. The SMILES string of the molecule is Cc1ccnc(Oc2ccc3c(c2)C2CCC3C2Oc2nccc(C)c2N)c1N. The fraction of sp³-hybridized carbons (Fsp3) is 0.304. The smallest absolute Gasteiger partial charge is 0.242 e. The molecule has 2 aliphatic rings. The Hall–Kier alpha value is -3.28. The molecule has 0 spiro atoms. The molecule has 5 rings (SSSR count). The van der Waals surface area contributed by atoms with E-state index in [-0.39, 0.29) is 6.10 Å². The molecule has 2 bridgehead atoms. The average Bonchev–Trinajstić information content (AvgIpc) is 3.24. The van der Waals surface area contributed by atoms with Crippen LogP contribution in [0.5, 0.6) is 17.5 Å². The van der Waals surface area contributed by atoms with Crippen LogP contribution < -0.4 is 20.9 Å². The molecule has 2 heterocycles. The zero-order valence-electron chi connectivity index (χ0n) is 16.6. The van der Waals surface area contributed by atoms with Gasteiger partial charge in [-0.15, -0.1) is 0 Å². The number of hydrogen-bond acceptors (Lipinski definition) is 6. The van der Waals surface area contributed by atoms with E-state index in [1.54, 1.807) is 12.4 Å². The molecule has 0 amide bonds. The number of pyridine rings is 2. The molecule has 29 heavy (non-hydrogen) atoms. The van der Waals surface area contributed by atoms with Crippen molar-refractivity contribution in [3.05, 3.63) is 65.0 Å². The molecule has 1 saturated carbocycles. The lowest BCUT2D eigenvalue weighted by atomic mass is 9.92. The van der Waals surface area contributed by atoms with Gasteiger partial charge in [-0.2, -0.15) is 0 Å². The van der Waals surface area contributed by atoms with Crippen molar-refractivity contribution in [2.75, 3.05) is 11.5 Å². The van der Waals surface area contributed by atoms with Crippen molar-refractivity contribution in [1.29, 1.82) is 0 Å². The van der Waals surface area contributed by atoms with Crippen LogP contribution in [-0.4, -0.2) is 16.1 Å². The van der Waals surface area contributed by atoms with Crippen molar-refractivity contribution in [2.45, 2.75) is 44.6 Å². The van der Waals surface area contributed by atoms with Crippen LogP contribution in [0.25, 0.3) is 0 Å². The first-order chi connectivity index (χ1) is 14.0. The fourth-order valence-corrected chi connectivity index (χ4v) is 4.58. The fourth-order valence-electron chi connectivity index (χ4n) is 4.58. The molecule has 2 aromatic heterocycles. The Morgan fingerprint density at radius 1 is 0.828 bits per heavy atom. The molecule has 3 atom stereocenters. The maximum atomic E-state index is 6.34. The summed E-state index contributed by atoms with van der Waals surface area (Å²) >= 11 is 0. The van der Waals surface area contributed by atoms with Crippen molar-refractivity contribution >= 4 is 11.4 Å². The highest BCUT2D eigenvalue weighted by atomic mass is 16.5. The third-order valence-electron chi connectivity index (χ3n) is 6.24. The number of aryl methyl sites for hydroxylation is 2. The van der Waals surface area contributed by atoms with Gasteiger partial charge in [0.2, 0.25) is 11.8 Å². The van der Waals surface area contributed by atoms with Gasteiger partial charge in [0, 0.05) is 24.2 Å². The van der Waals surface area contributed by atoms with Gasteiger partial charge in [0.25, 0.3) is 0 Å². The normalized spacial score (nSPS) is 21.8. The van der Waals surface area contributed by atoms with Gasteiger partial charge in [0.1, 0.15) is 11.9 Å². The quantitative estimate of drug-likeness (QED) is 0.684. The Kier molecular flexibility index (Phi) is 4.08. The van der Waals surface area contributed by atoms with E-state index < -0.39 is 0 Å². The van der Waals surface area contributed by atoms with E-state index in [0.29, 0.717) is 35.0 Å². The molecule has 6 nitrogen and oxygen atoms in total. The van der Waals surface area contributed by atoms with Crippen LogP contribution in [-0.2, 0) is 0 Å². The second-order valence-electron chi connectivity index (χ2n) is 7.96. The van der Waals surface area contributed by atoms with E-state index in [0.717, 1.165) is 29.7 Å². The Balaban J connectivity index is 1.42. The van der Waals surface area contributed by atoms with Gasteiger partial charge in [-0.25, -0.2) is 9.97 Å². The minimum Gasteiger partial charge on any atom is -0.472 e. The highest BCUT2D eigenvalue weighted by Gasteiger charge is 2.48. The third-order valence-corrected chi connectivity index (χ3v) is 6.24. The summed E-state index contributed by atoms with van der Waals surface area (Å²) in [6.07, 6.45) is 5.71. The standard InChI is InChI=1S/C23H24N4O2/c1-12-7-9-26-22(19(12)24)28-14-3-4-15-16-5-6-17(18(15)11-14)21(16)29-23-20(25)13(2)8-10-27-23/h3-4,7-11,16-17,21H,5-6,24-25H2,1-2H3. The number of hydrogen-bond donors (Lipinski definition) is 2. The van der Waals surface area contributed by atoms with E-state index in [1.165, 1.54) is 11.1 Å². The van der Waals surface area contributed by atoms with E-state index in [2.05, 4.69) is 22.1 Å². The lowest BCUT2D eigenvalue weighted by Gasteiger charge is -2.19. The monoisotopic (exact) mass is 388 g/mol. The second kappa shape index (κ2) is 6.65. The van der Waals surface area contributed by atoms with Crippen LogP contribution in [0.3, 0.4) is 0 Å². The molecule has 4 N–H and O–H groups in total.